The molecule has 0 heterocycles. The van der Waals surface area contributed by atoms with Crippen LogP contribution in [-0.4, -0.2) is 38.1 Å². The van der Waals surface area contributed by atoms with Crippen molar-refractivity contribution in [2.24, 2.45) is 4.99 Å². The smallest absolute Gasteiger partial charge is 0.251 e. The number of para-hydroxylation sites is 1. The van der Waals surface area contributed by atoms with Gasteiger partial charge in [-0.05, 0) is 51.0 Å². The molecule has 0 aliphatic carbocycles. The fourth-order valence-electron chi connectivity index (χ4n) is 2.82. The van der Waals surface area contributed by atoms with E-state index in [2.05, 4.69) is 20.9 Å². The summed E-state index contributed by atoms with van der Waals surface area (Å²) in [6, 6.07) is 15.7. The molecule has 0 saturated carbocycles. The summed E-state index contributed by atoms with van der Waals surface area (Å²) < 4.78 is 6.04. The van der Waals surface area contributed by atoms with Gasteiger partial charge in [-0.2, -0.15) is 0 Å². The second kappa shape index (κ2) is 12.4. The highest BCUT2D eigenvalue weighted by Crippen LogP contribution is 2.22. The minimum Gasteiger partial charge on any atom is -0.488 e. The lowest BCUT2D eigenvalue weighted by Crippen LogP contribution is -2.38. The molecule has 0 aliphatic heterocycles. The summed E-state index contributed by atoms with van der Waals surface area (Å²) in [6.45, 7) is 7.43. The minimum absolute atomic E-state index is 0. The van der Waals surface area contributed by atoms with Crippen molar-refractivity contribution in [3.63, 3.8) is 0 Å². The van der Waals surface area contributed by atoms with Gasteiger partial charge in [-0.3, -0.25) is 9.79 Å². The first-order valence-corrected chi connectivity index (χ1v) is 9.85. The zero-order valence-electron chi connectivity index (χ0n) is 18.4. The van der Waals surface area contributed by atoms with Crippen LogP contribution in [0.1, 0.15) is 42.3 Å². The third-order valence-electron chi connectivity index (χ3n) is 4.18. The van der Waals surface area contributed by atoms with E-state index in [1.54, 1.807) is 14.1 Å². The Bertz CT molecular complexity index is 847. The van der Waals surface area contributed by atoms with Crippen molar-refractivity contribution in [3.8, 4) is 5.75 Å². The number of carbonyl (C=O) groups excluding carboxylic acids is 1. The Kier molecular flexibility index (Phi) is 10.7. The van der Waals surface area contributed by atoms with Crippen LogP contribution in [0.4, 0.5) is 0 Å². The Morgan fingerprint density at radius 3 is 2.47 bits per heavy atom. The highest BCUT2D eigenvalue weighted by atomic mass is 127. The van der Waals surface area contributed by atoms with Crippen molar-refractivity contribution in [1.82, 2.24) is 16.0 Å². The molecular weight excluding hydrogens is 491 g/mol. The number of hydrogen-bond donors (Lipinski definition) is 3. The minimum atomic E-state index is -0.251. The molecule has 30 heavy (non-hydrogen) atoms. The van der Waals surface area contributed by atoms with Gasteiger partial charge < -0.3 is 20.7 Å². The van der Waals surface area contributed by atoms with Gasteiger partial charge in [0.25, 0.3) is 5.91 Å². The largest absolute Gasteiger partial charge is 0.488 e. The third-order valence-corrected chi connectivity index (χ3v) is 4.18. The molecule has 0 fully saturated rings. The Morgan fingerprint density at radius 1 is 1.07 bits per heavy atom. The highest BCUT2D eigenvalue weighted by Gasteiger charge is 2.14. The summed E-state index contributed by atoms with van der Waals surface area (Å²) in [5, 5.41) is 9.30. The molecule has 2 aromatic carbocycles. The van der Waals surface area contributed by atoms with Gasteiger partial charge in [0.2, 0.25) is 0 Å². The molecule has 0 aromatic heterocycles. The maximum Gasteiger partial charge on any atom is 0.251 e. The first kappa shape index (κ1) is 25.7. The fraction of sp³-hybridized carbons (Fsp3) is 0.391. The number of rotatable bonds is 7. The van der Waals surface area contributed by atoms with E-state index >= 15 is 0 Å². The molecule has 1 amide bonds. The average molecular weight is 524 g/mol. The van der Waals surface area contributed by atoms with Gasteiger partial charge in [-0.25, -0.2) is 0 Å². The van der Waals surface area contributed by atoms with Crippen LogP contribution in [0.5, 0.6) is 5.75 Å². The van der Waals surface area contributed by atoms with E-state index in [9.17, 15) is 4.79 Å². The van der Waals surface area contributed by atoms with Gasteiger partial charge in [0.15, 0.2) is 5.96 Å². The molecule has 0 radical (unpaired) electrons. The van der Waals surface area contributed by atoms with E-state index in [-0.39, 0.29) is 35.5 Å². The van der Waals surface area contributed by atoms with Crippen molar-refractivity contribution in [1.29, 1.82) is 0 Å². The van der Waals surface area contributed by atoms with Crippen LogP contribution < -0.4 is 20.7 Å². The zero-order chi connectivity index (χ0) is 21.3. The highest BCUT2D eigenvalue weighted by molar-refractivity contribution is 14.0. The number of guanidine groups is 1. The number of hydrogen-bond acceptors (Lipinski definition) is 3. The number of halogens is 1. The molecule has 0 saturated heterocycles. The van der Waals surface area contributed by atoms with Gasteiger partial charge in [0.05, 0.1) is 0 Å². The zero-order valence-corrected chi connectivity index (χ0v) is 20.7. The van der Waals surface area contributed by atoms with E-state index in [4.69, 9.17) is 4.74 Å². The summed E-state index contributed by atoms with van der Waals surface area (Å²) >= 11 is 0. The SMILES string of the molecule is CN=C(NCCc1cccc(C(=O)NC)c1)NCc1ccccc1OC(C)(C)C.I. The Balaban J connectivity index is 0.00000450. The van der Waals surface area contributed by atoms with Crippen molar-refractivity contribution in [2.45, 2.75) is 39.3 Å². The average Bonchev–Trinajstić information content (AvgIpc) is 2.70. The van der Waals surface area contributed by atoms with Crippen LogP contribution in [-0.2, 0) is 13.0 Å². The number of nitrogens with one attached hydrogen (secondary N) is 3. The summed E-state index contributed by atoms with van der Waals surface area (Å²) in [5.41, 5.74) is 2.59. The lowest BCUT2D eigenvalue weighted by atomic mass is 10.1. The van der Waals surface area contributed by atoms with Crippen LogP contribution in [0.25, 0.3) is 0 Å². The molecule has 6 nitrogen and oxygen atoms in total. The summed E-state index contributed by atoms with van der Waals surface area (Å²) in [4.78, 5) is 16.0. The topological polar surface area (TPSA) is 74.8 Å². The molecule has 0 spiro atoms. The van der Waals surface area contributed by atoms with E-state index in [1.165, 1.54) is 0 Å². The summed E-state index contributed by atoms with van der Waals surface area (Å²) in [7, 11) is 3.38. The second-order valence-electron chi connectivity index (χ2n) is 7.70. The van der Waals surface area contributed by atoms with Gasteiger partial charge >= 0.3 is 0 Å². The standard InChI is InChI=1S/C23H32N4O2.HI/c1-23(2,3)29-20-12-7-6-10-19(20)16-27-22(25-5)26-14-13-17-9-8-11-18(15-17)21(28)24-4;/h6-12,15H,13-14,16H2,1-5H3,(H,24,28)(H2,25,26,27);1H. The van der Waals surface area contributed by atoms with Gasteiger partial charge in [0.1, 0.15) is 11.4 Å². The molecule has 7 heteroatoms. The molecule has 0 atom stereocenters. The molecule has 0 bridgehead atoms. The van der Waals surface area contributed by atoms with E-state index in [1.807, 2.05) is 69.3 Å². The first-order chi connectivity index (χ1) is 13.8. The molecule has 3 N–H and O–H groups in total. The Hall–Kier alpha value is -2.29. The van der Waals surface area contributed by atoms with Crippen LogP contribution in [0.2, 0.25) is 0 Å². The predicted molar refractivity (Wildman–Crippen MR) is 134 cm³/mol. The molecule has 2 aromatic rings. The van der Waals surface area contributed by atoms with Crippen molar-refractivity contribution < 1.29 is 9.53 Å². The number of amides is 1. The third kappa shape index (κ3) is 8.61. The lowest BCUT2D eigenvalue weighted by Gasteiger charge is -2.23. The molecule has 0 aliphatic rings. The maximum absolute atomic E-state index is 11.8. The molecule has 2 rings (SSSR count). The van der Waals surface area contributed by atoms with Gasteiger partial charge in [-0.15, -0.1) is 24.0 Å². The lowest BCUT2D eigenvalue weighted by molar-refractivity contribution is 0.0963. The fourth-order valence-corrected chi connectivity index (χ4v) is 2.82. The Labute approximate surface area is 196 Å². The van der Waals surface area contributed by atoms with Crippen LogP contribution in [0, 0.1) is 0 Å². The number of nitrogens with zero attached hydrogens (tertiary/aromatic N) is 1. The number of carbonyl (C=O) groups is 1. The summed E-state index contributed by atoms with van der Waals surface area (Å²) in [6.07, 6.45) is 0.787. The maximum atomic E-state index is 11.8. The van der Waals surface area contributed by atoms with Crippen molar-refractivity contribution >= 4 is 35.8 Å². The molecular formula is C23H33IN4O2. The summed E-state index contributed by atoms with van der Waals surface area (Å²) in [5.74, 6) is 1.51. The number of ether oxygens (including phenoxy) is 1. The van der Waals surface area contributed by atoms with Gasteiger partial charge in [-0.1, -0.05) is 30.3 Å². The number of benzene rings is 2. The monoisotopic (exact) mass is 524 g/mol. The number of aliphatic imine (C=N–C) groups is 1. The van der Waals surface area contributed by atoms with Crippen LogP contribution in [0.3, 0.4) is 0 Å². The van der Waals surface area contributed by atoms with Gasteiger partial charge in [0, 0.05) is 38.3 Å². The Morgan fingerprint density at radius 2 is 1.80 bits per heavy atom. The normalized spacial score (nSPS) is 11.3. The second-order valence-corrected chi connectivity index (χ2v) is 7.70. The van der Waals surface area contributed by atoms with E-state index < -0.39 is 0 Å². The van der Waals surface area contributed by atoms with Crippen molar-refractivity contribution in [2.75, 3.05) is 20.6 Å². The van der Waals surface area contributed by atoms with E-state index in [0.29, 0.717) is 18.7 Å². The van der Waals surface area contributed by atoms with Crippen LogP contribution >= 0.6 is 24.0 Å². The predicted octanol–water partition coefficient (Wildman–Crippen LogP) is 3.75. The quantitative estimate of drug-likeness (QED) is 0.293. The molecule has 0 unspecified atom stereocenters. The van der Waals surface area contributed by atoms with Crippen LogP contribution in [0.15, 0.2) is 53.5 Å². The molecule has 164 valence electrons. The van der Waals surface area contributed by atoms with Crippen molar-refractivity contribution in [3.05, 3.63) is 65.2 Å². The van der Waals surface area contributed by atoms with E-state index in [0.717, 1.165) is 29.3 Å². The first-order valence-electron chi connectivity index (χ1n) is 9.85.